The molecule has 0 aromatic heterocycles. The molecule has 3 unspecified atom stereocenters. The molecule has 0 spiro atoms. The molecule has 110 valence electrons. The SMILES string of the molecule is COc1ccc(C(=O)O)c(NC2CCCC(C)C2C)c1. The second-order valence-electron chi connectivity index (χ2n) is 5.73. The van der Waals surface area contributed by atoms with Gasteiger partial charge in [0, 0.05) is 12.1 Å². The van der Waals surface area contributed by atoms with Crippen LogP contribution >= 0.6 is 0 Å². The first kappa shape index (κ1) is 14.7. The average Bonchev–Trinajstić information content (AvgIpc) is 2.43. The minimum absolute atomic E-state index is 0.302. The third-order valence-corrected chi connectivity index (χ3v) is 4.50. The maximum atomic E-state index is 11.3. The predicted octanol–water partition coefficient (Wildman–Crippen LogP) is 3.63. The van der Waals surface area contributed by atoms with E-state index in [9.17, 15) is 9.90 Å². The minimum atomic E-state index is -0.910. The summed E-state index contributed by atoms with van der Waals surface area (Å²) in [7, 11) is 1.59. The number of hydrogen-bond acceptors (Lipinski definition) is 3. The van der Waals surface area contributed by atoms with Crippen LogP contribution in [-0.4, -0.2) is 24.2 Å². The summed E-state index contributed by atoms with van der Waals surface area (Å²) in [4.78, 5) is 11.3. The van der Waals surface area contributed by atoms with Crippen LogP contribution in [0, 0.1) is 11.8 Å². The quantitative estimate of drug-likeness (QED) is 0.882. The molecular weight excluding hydrogens is 254 g/mol. The molecule has 0 aliphatic heterocycles. The molecule has 0 heterocycles. The molecule has 0 bridgehead atoms. The molecule has 20 heavy (non-hydrogen) atoms. The Hall–Kier alpha value is -1.71. The molecule has 1 aromatic rings. The first-order chi connectivity index (χ1) is 9.52. The van der Waals surface area contributed by atoms with Crippen molar-refractivity contribution >= 4 is 11.7 Å². The van der Waals surface area contributed by atoms with Gasteiger partial charge in [0.05, 0.1) is 18.4 Å². The van der Waals surface area contributed by atoms with Crippen molar-refractivity contribution in [3.63, 3.8) is 0 Å². The summed E-state index contributed by atoms with van der Waals surface area (Å²) in [5, 5.41) is 12.7. The zero-order valence-electron chi connectivity index (χ0n) is 12.3. The van der Waals surface area contributed by atoms with Crippen LogP contribution in [0.2, 0.25) is 0 Å². The van der Waals surface area contributed by atoms with Gasteiger partial charge in [0.25, 0.3) is 0 Å². The summed E-state index contributed by atoms with van der Waals surface area (Å²) >= 11 is 0. The third kappa shape index (κ3) is 3.06. The number of anilines is 1. The van der Waals surface area contributed by atoms with E-state index in [1.807, 2.05) is 0 Å². The van der Waals surface area contributed by atoms with Gasteiger partial charge in [0.2, 0.25) is 0 Å². The van der Waals surface area contributed by atoms with Crippen LogP contribution in [0.3, 0.4) is 0 Å². The predicted molar refractivity (Wildman–Crippen MR) is 79.5 cm³/mol. The van der Waals surface area contributed by atoms with E-state index < -0.39 is 5.97 Å². The van der Waals surface area contributed by atoms with Crippen molar-refractivity contribution in [1.82, 2.24) is 0 Å². The van der Waals surface area contributed by atoms with Crippen LogP contribution in [0.4, 0.5) is 5.69 Å². The van der Waals surface area contributed by atoms with Crippen molar-refractivity contribution in [1.29, 1.82) is 0 Å². The molecule has 4 nitrogen and oxygen atoms in total. The fourth-order valence-corrected chi connectivity index (χ4v) is 2.94. The molecule has 1 fully saturated rings. The van der Waals surface area contributed by atoms with Gasteiger partial charge in [0.1, 0.15) is 5.75 Å². The van der Waals surface area contributed by atoms with E-state index >= 15 is 0 Å². The van der Waals surface area contributed by atoms with E-state index in [1.54, 1.807) is 25.3 Å². The van der Waals surface area contributed by atoms with Gasteiger partial charge in [-0.15, -0.1) is 0 Å². The molecule has 3 atom stereocenters. The Bertz CT molecular complexity index is 487. The van der Waals surface area contributed by atoms with Crippen LogP contribution in [0.1, 0.15) is 43.5 Å². The van der Waals surface area contributed by atoms with Gasteiger partial charge in [-0.2, -0.15) is 0 Å². The number of hydrogen-bond donors (Lipinski definition) is 2. The molecule has 2 N–H and O–H groups in total. The van der Waals surface area contributed by atoms with E-state index in [-0.39, 0.29) is 0 Å². The van der Waals surface area contributed by atoms with Crippen LogP contribution in [-0.2, 0) is 0 Å². The summed E-state index contributed by atoms with van der Waals surface area (Å²) in [6.07, 6.45) is 3.53. The molecular formula is C16H23NO3. The maximum absolute atomic E-state index is 11.3. The number of carbonyl (C=O) groups is 1. The maximum Gasteiger partial charge on any atom is 0.337 e. The normalized spacial score (nSPS) is 26.1. The van der Waals surface area contributed by atoms with Gasteiger partial charge >= 0.3 is 5.97 Å². The third-order valence-electron chi connectivity index (χ3n) is 4.50. The molecule has 4 heteroatoms. The lowest BCUT2D eigenvalue weighted by Crippen LogP contribution is -2.35. The number of methoxy groups -OCH3 is 1. The van der Waals surface area contributed by atoms with Crippen LogP contribution in [0.25, 0.3) is 0 Å². The van der Waals surface area contributed by atoms with Crippen molar-refractivity contribution in [2.45, 2.75) is 39.2 Å². The number of benzene rings is 1. The van der Waals surface area contributed by atoms with E-state index in [0.717, 1.165) is 6.42 Å². The average molecular weight is 277 g/mol. The van der Waals surface area contributed by atoms with Gasteiger partial charge in [-0.1, -0.05) is 26.7 Å². The first-order valence-corrected chi connectivity index (χ1v) is 7.20. The summed E-state index contributed by atoms with van der Waals surface area (Å²) in [6, 6.07) is 5.38. The van der Waals surface area contributed by atoms with Crippen molar-refractivity contribution in [3.8, 4) is 5.75 Å². The second kappa shape index (κ2) is 6.16. The van der Waals surface area contributed by atoms with Crippen LogP contribution in [0.5, 0.6) is 5.75 Å². The Morgan fingerprint density at radius 1 is 1.35 bits per heavy atom. The lowest BCUT2D eigenvalue weighted by Gasteiger charge is -2.35. The zero-order chi connectivity index (χ0) is 14.7. The molecule has 1 saturated carbocycles. The van der Waals surface area contributed by atoms with Crippen molar-refractivity contribution in [2.75, 3.05) is 12.4 Å². The topological polar surface area (TPSA) is 58.6 Å². The Morgan fingerprint density at radius 2 is 2.10 bits per heavy atom. The number of aromatic carboxylic acids is 1. The zero-order valence-corrected chi connectivity index (χ0v) is 12.3. The van der Waals surface area contributed by atoms with Crippen LogP contribution < -0.4 is 10.1 Å². The van der Waals surface area contributed by atoms with E-state index in [4.69, 9.17) is 4.74 Å². The van der Waals surface area contributed by atoms with Crippen molar-refractivity contribution < 1.29 is 14.6 Å². The number of nitrogens with one attached hydrogen (secondary N) is 1. The standard InChI is InChI=1S/C16H23NO3/c1-10-5-4-6-14(11(10)2)17-15-9-12(20-3)7-8-13(15)16(18)19/h7-11,14,17H,4-6H2,1-3H3,(H,18,19). The summed E-state index contributed by atoms with van der Waals surface area (Å²) in [5.74, 6) is 0.970. The lowest BCUT2D eigenvalue weighted by atomic mass is 9.78. The van der Waals surface area contributed by atoms with Crippen molar-refractivity contribution in [3.05, 3.63) is 23.8 Å². The second-order valence-corrected chi connectivity index (χ2v) is 5.73. The number of carboxylic acids is 1. The Labute approximate surface area is 120 Å². The number of rotatable bonds is 4. The fourth-order valence-electron chi connectivity index (χ4n) is 2.94. The fraction of sp³-hybridized carbons (Fsp3) is 0.562. The van der Waals surface area contributed by atoms with E-state index in [1.165, 1.54) is 12.8 Å². The summed E-state index contributed by atoms with van der Waals surface area (Å²) < 4.78 is 5.19. The van der Waals surface area contributed by atoms with Gasteiger partial charge in [-0.25, -0.2) is 4.79 Å². The van der Waals surface area contributed by atoms with E-state index in [2.05, 4.69) is 19.2 Å². The highest BCUT2D eigenvalue weighted by Crippen LogP contribution is 2.33. The first-order valence-electron chi connectivity index (χ1n) is 7.20. The monoisotopic (exact) mass is 277 g/mol. The minimum Gasteiger partial charge on any atom is -0.497 e. The molecule has 1 aromatic carbocycles. The molecule has 1 aliphatic carbocycles. The highest BCUT2D eigenvalue weighted by Gasteiger charge is 2.27. The highest BCUT2D eigenvalue weighted by atomic mass is 16.5. The van der Waals surface area contributed by atoms with Gasteiger partial charge in [-0.05, 0) is 30.4 Å². The Kier molecular flexibility index (Phi) is 4.53. The number of carboxylic acid groups (broad SMARTS) is 1. The Balaban J connectivity index is 2.24. The van der Waals surface area contributed by atoms with Crippen LogP contribution in [0.15, 0.2) is 18.2 Å². The molecule has 2 rings (SSSR count). The Morgan fingerprint density at radius 3 is 2.75 bits per heavy atom. The van der Waals surface area contributed by atoms with E-state index in [0.29, 0.717) is 34.9 Å². The van der Waals surface area contributed by atoms with Gasteiger partial charge < -0.3 is 15.2 Å². The number of ether oxygens (including phenoxy) is 1. The highest BCUT2D eigenvalue weighted by molar-refractivity contribution is 5.94. The summed E-state index contributed by atoms with van der Waals surface area (Å²) in [6.45, 7) is 4.50. The molecule has 1 aliphatic rings. The molecule has 0 saturated heterocycles. The largest absolute Gasteiger partial charge is 0.497 e. The molecule has 0 radical (unpaired) electrons. The van der Waals surface area contributed by atoms with Gasteiger partial charge in [0.15, 0.2) is 0 Å². The van der Waals surface area contributed by atoms with Crippen molar-refractivity contribution in [2.24, 2.45) is 11.8 Å². The smallest absolute Gasteiger partial charge is 0.337 e. The molecule has 0 amide bonds. The van der Waals surface area contributed by atoms with Gasteiger partial charge in [-0.3, -0.25) is 0 Å². The summed E-state index contributed by atoms with van der Waals surface area (Å²) in [5.41, 5.74) is 0.957. The lowest BCUT2D eigenvalue weighted by molar-refractivity contribution is 0.0697.